The Kier molecular flexibility index (Phi) is 2.98. The third kappa shape index (κ3) is 2.06. The molecule has 0 aliphatic heterocycles. The van der Waals surface area contributed by atoms with Crippen molar-refractivity contribution in [1.82, 2.24) is 14.1 Å². The molecule has 1 aliphatic carbocycles. The second-order valence-electron chi connectivity index (χ2n) is 5.46. The van der Waals surface area contributed by atoms with Crippen LogP contribution in [0.15, 0.2) is 29.4 Å². The molecule has 108 valence electrons. The molecule has 0 unspecified atom stereocenters. The highest BCUT2D eigenvalue weighted by Crippen LogP contribution is 2.33. The van der Waals surface area contributed by atoms with Crippen molar-refractivity contribution in [1.29, 1.82) is 0 Å². The molecule has 1 saturated carbocycles. The Bertz CT molecular complexity index is 747. The highest BCUT2D eigenvalue weighted by Gasteiger charge is 2.38. The lowest BCUT2D eigenvalue weighted by Gasteiger charge is -2.38. The van der Waals surface area contributed by atoms with Gasteiger partial charge in [0.05, 0.1) is 0 Å². The number of hydrogen-bond donors (Lipinski definition) is 2. The number of nitrogens with zero attached hydrogens (tertiary/aromatic N) is 2. The minimum absolute atomic E-state index is 0.170. The molecule has 3 rings (SSSR count). The van der Waals surface area contributed by atoms with Crippen LogP contribution >= 0.6 is 0 Å². The normalized spacial score (nSPS) is 17.9. The third-order valence-corrected chi connectivity index (χ3v) is 5.48. The van der Waals surface area contributed by atoms with E-state index < -0.39 is 10.0 Å². The quantitative estimate of drug-likeness (QED) is 0.898. The van der Waals surface area contributed by atoms with Crippen molar-refractivity contribution in [3.05, 3.63) is 24.4 Å². The fraction of sp³-hybridized carbons (Fsp3) is 0.462. The molecule has 2 N–H and O–H groups in total. The fourth-order valence-electron chi connectivity index (χ4n) is 2.57. The van der Waals surface area contributed by atoms with Crippen LogP contribution in [0.5, 0.6) is 0 Å². The van der Waals surface area contributed by atoms with Crippen LogP contribution in [0.25, 0.3) is 5.65 Å². The van der Waals surface area contributed by atoms with Gasteiger partial charge >= 0.3 is 0 Å². The summed E-state index contributed by atoms with van der Waals surface area (Å²) in [5.41, 5.74) is 0.277. The smallest absolute Gasteiger partial charge is 0.260 e. The van der Waals surface area contributed by atoms with Crippen LogP contribution in [0.1, 0.15) is 26.2 Å². The molecule has 0 amide bonds. The van der Waals surface area contributed by atoms with Gasteiger partial charge in [0.1, 0.15) is 5.65 Å². The molecular weight excluding hydrogens is 276 g/mol. The lowest BCUT2D eigenvalue weighted by Crippen LogP contribution is -2.51. The highest BCUT2D eigenvalue weighted by molar-refractivity contribution is 7.89. The van der Waals surface area contributed by atoms with E-state index in [9.17, 15) is 8.42 Å². The second-order valence-corrected chi connectivity index (χ2v) is 7.06. The monoisotopic (exact) mass is 294 g/mol. The van der Waals surface area contributed by atoms with Crippen LogP contribution in [0.4, 0.5) is 5.82 Å². The van der Waals surface area contributed by atoms with Gasteiger partial charge < -0.3 is 5.32 Å². The van der Waals surface area contributed by atoms with Gasteiger partial charge in [-0.05, 0) is 38.3 Å². The van der Waals surface area contributed by atoms with E-state index in [-0.39, 0.29) is 10.6 Å². The number of nitrogens with one attached hydrogen (secondary N) is 2. The van der Waals surface area contributed by atoms with E-state index >= 15 is 0 Å². The third-order valence-electron chi connectivity index (χ3n) is 3.82. The Morgan fingerprint density at radius 3 is 2.70 bits per heavy atom. The molecule has 6 nitrogen and oxygen atoms in total. The maximum atomic E-state index is 12.7. The summed E-state index contributed by atoms with van der Waals surface area (Å²) < 4.78 is 29.8. The summed E-state index contributed by atoms with van der Waals surface area (Å²) in [6.07, 6.45) is 4.52. The molecule has 1 fully saturated rings. The average molecular weight is 294 g/mol. The number of aromatic nitrogens is 2. The van der Waals surface area contributed by atoms with E-state index in [1.165, 1.54) is 0 Å². The summed E-state index contributed by atoms with van der Waals surface area (Å²) in [5, 5.41) is 3.03. The topological polar surface area (TPSA) is 75.5 Å². The summed E-state index contributed by atoms with van der Waals surface area (Å²) in [7, 11) is -1.94. The Labute approximate surface area is 118 Å². The molecular formula is C13H18N4O2S. The van der Waals surface area contributed by atoms with Gasteiger partial charge in [0, 0.05) is 18.8 Å². The SMILES string of the molecule is CNc1nc2ccccn2c1S(=O)(=O)NC1(C)CCC1. The molecule has 0 atom stereocenters. The molecule has 2 heterocycles. The van der Waals surface area contributed by atoms with Crippen molar-refractivity contribution >= 4 is 21.5 Å². The molecule has 0 saturated heterocycles. The van der Waals surface area contributed by atoms with Crippen LogP contribution < -0.4 is 10.0 Å². The summed E-state index contributed by atoms with van der Waals surface area (Å²) in [5.74, 6) is 0.367. The Balaban J connectivity index is 2.12. The van der Waals surface area contributed by atoms with Gasteiger partial charge in [0.15, 0.2) is 10.8 Å². The molecule has 0 radical (unpaired) electrons. The van der Waals surface area contributed by atoms with Gasteiger partial charge in [-0.25, -0.2) is 18.1 Å². The molecule has 0 bridgehead atoms. The molecule has 7 heteroatoms. The van der Waals surface area contributed by atoms with Crippen LogP contribution in [0.3, 0.4) is 0 Å². The second kappa shape index (κ2) is 4.46. The first-order valence-corrected chi connectivity index (χ1v) is 8.12. The standard InChI is InChI=1S/C13H18N4O2S/c1-13(7-5-8-13)16-20(18,19)12-11(14-2)15-10-6-3-4-9-17(10)12/h3-4,6,9,14,16H,5,7-8H2,1-2H3. The van der Waals surface area contributed by atoms with E-state index in [1.807, 2.05) is 13.0 Å². The van der Waals surface area contributed by atoms with Gasteiger partial charge in [-0.1, -0.05) is 6.07 Å². The minimum Gasteiger partial charge on any atom is -0.371 e. The van der Waals surface area contributed by atoms with Crippen molar-refractivity contribution in [2.45, 2.75) is 36.8 Å². The Morgan fingerprint density at radius 2 is 2.10 bits per heavy atom. The van der Waals surface area contributed by atoms with Crippen LogP contribution in [-0.2, 0) is 10.0 Å². The number of anilines is 1. The number of pyridine rings is 1. The molecule has 0 spiro atoms. The lowest BCUT2D eigenvalue weighted by molar-refractivity contribution is 0.247. The first-order valence-electron chi connectivity index (χ1n) is 6.64. The molecule has 2 aromatic heterocycles. The number of imidazole rings is 1. The first-order chi connectivity index (χ1) is 9.45. The largest absolute Gasteiger partial charge is 0.371 e. The van der Waals surface area contributed by atoms with Crippen molar-refractivity contribution < 1.29 is 8.42 Å². The van der Waals surface area contributed by atoms with Gasteiger partial charge in [-0.2, -0.15) is 0 Å². The van der Waals surface area contributed by atoms with E-state index in [4.69, 9.17) is 0 Å². The Hall–Kier alpha value is -1.60. The number of rotatable bonds is 4. The zero-order valence-electron chi connectivity index (χ0n) is 11.5. The maximum absolute atomic E-state index is 12.7. The van der Waals surface area contributed by atoms with Crippen LogP contribution in [0.2, 0.25) is 0 Å². The minimum atomic E-state index is -3.62. The highest BCUT2D eigenvalue weighted by atomic mass is 32.2. The summed E-state index contributed by atoms with van der Waals surface area (Å²) in [6.45, 7) is 1.94. The van der Waals surface area contributed by atoms with Crippen molar-refractivity contribution in [2.24, 2.45) is 0 Å². The molecule has 2 aromatic rings. The zero-order chi connectivity index (χ0) is 14.4. The molecule has 20 heavy (non-hydrogen) atoms. The zero-order valence-corrected chi connectivity index (χ0v) is 12.4. The fourth-order valence-corrected chi connectivity index (χ4v) is 4.34. The van der Waals surface area contributed by atoms with E-state index in [0.717, 1.165) is 19.3 Å². The first kappa shape index (κ1) is 13.4. The number of fused-ring (bicyclic) bond motifs is 1. The van der Waals surface area contributed by atoms with E-state index in [2.05, 4.69) is 15.0 Å². The van der Waals surface area contributed by atoms with Crippen molar-refractivity contribution in [2.75, 3.05) is 12.4 Å². The summed E-state index contributed by atoms with van der Waals surface area (Å²) >= 11 is 0. The Morgan fingerprint density at radius 1 is 1.35 bits per heavy atom. The van der Waals surface area contributed by atoms with E-state index in [0.29, 0.717) is 11.5 Å². The predicted octanol–water partition coefficient (Wildman–Crippen LogP) is 1.60. The predicted molar refractivity (Wildman–Crippen MR) is 77.3 cm³/mol. The van der Waals surface area contributed by atoms with Crippen molar-refractivity contribution in [3.63, 3.8) is 0 Å². The molecule has 1 aliphatic rings. The summed E-state index contributed by atoms with van der Waals surface area (Å²) in [6, 6.07) is 5.40. The molecule has 0 aromatic carbocycles. The van der Waals surface area contributed by atoms with Crippen molar-refractivity contribution in [3.8, 4) is 0 Å². The maximum Gasteiger partial charge on any atom is 0.260 e. The van der Waals surface area contributed by atoms with Crippen LogP contribution in [-0.4, -0.2) is 30.4 Å². The summed E-state index contributed by atoms with van der Waals surface area (Å²) in [4.78, 5) is 4.30. The van der Waals surface area contributed by atoms with Gasteiger partial charge in [0.25, 0.3) is 10.0 Å². The average Bonchev–Trinajstić information content (AvgIpc) is 2.75. The van der Waals surface area contributed by atoms with Gasteiger partial charge in [0.2, 0.25) is 0 Å². The number of hydrogen-bond acceptors (Lipinski definition) is 4. The van der Waals surface area contributed by atoms with E-state index in [1.54, 1.807) is 29.8 Å². The number of sulfonamides is 1. The lowest BCUT2D eigenvalue weighted by atomic mass is 9.80. The van der Waals surface area contributed by atoms with Gasteiger partial charge in [-0.3, -0.25) is 4.40 Å². The van der Waals surface area contributed by atoms with Gasteiger partial charge in [-0.15, -0.1) is 0 Å². The van der Waals surface area contributed by atoms with Crippen LogP contribution in [0, 0.1) is 0 Å².